The van der Waals surface area contributed by atoms with Crippen LogP contribution in [-0.2, 0) is 16.1 Å². The lowest BCUT2D eigenvalue weighted by atomic mass is 10.0. The van der Waals surface area contributed by atoms with Gasteiger partial charge in [-0.3, -0.25) is 4.79 Å². The maximum atomic E-state index is 12.8. The molecule has 1 aromatic heterocycles. The Morgan fingerprint density at radius 2 is 1.46 bits per heavy atom. The molecule has 3 aromatic carbocycles. The van der Waals surface area contributed by atoms with Gasteiger partial charge in [0.1, 0.15) is 5.69 Å². The quantitative estimate of drug-likeness (QED) is 0.375. The molecule has 35 heavy (non-hydrogen) atoms. The number of aryl methyl sites for hydroxylation is 1. The number of carboxylic acids is 1. The number of ether oxygens (including phenoxy) is 1. The number of rotatable bonds is 9. The van der Waals surface area contributed by atoms with Crippen LogP contribution in [-0.4, -0.2) is 39.6 Å². The van der Waals surface area contributed by atoms with Crippen molar-refractivity contribution in [2.24, 2.45) is 0 Å². The summed E-state index contributed by atoms with van der Waals surface area (Å²) >= 11 is 0. The monoisotopic (exact) mass is 467 g/mol. The molecule has 0 saturated carbocycles. The summed E-state index contributed by atoms with van der Waals surface area (Å²) in [5.41, 5.74) is 4.51. The molecule has 2 N–H and O–H groups in total. The summed E-state index contributed by atoms with van der Waals surface area (Å²) in [6, 6.07) is 27.4. The van der Waals surface area contributed by atoms with E-state index in [4.69, 9.17) is 4.74 Å². The summed E-state index contributed by atoms with van der Waals surface area (Å²) in [6.07, 6.45) is 0. The summed E-state index contributed by atoms with van der Waals surface area (Å²) in [7, 11) is 0. The number of amides is 1. The second kappa shape index (κ2) is 11.2. The molecule has 0 aliphatic rings. The Bertz CT molecular complexity index is 1290. The number of nitrogens with zero attached hydrogens (tertiary/aromatic N) is 2. The van der Waals surface area contributed by atoms with E-state index in [0.717, 1.165) is 22.3 Å². The van der Waals surface area contributed by atoms with Gasteiger partial charge in [-0.25, -0.2) is 14.8 Å². The van der Waals surface area contributed by atoms with E-state index in [2.05, 4.69) is 15.3 Å². The second-order valence-electron chi connectivity index (χ2n) is 8.03. The van der Waals surface area contributed by atoms with Gasteiger partial charge in [-0.2, -0.15) is 0 Å². The van der Waals surface area contributed by atoms with Crippen LogP contribution in [0.2, 0.25) is 0 Å². The van der Waals surface area contributed by atoms with Crippen molar-refractivity contribution in [3.05, 3.63) is 108 Å². The molecule has 0 aliphatic heterocycles. The minimum Gasteiger partial charge on any atom is -0.480 e. The first-order chi connectivity index (χ1) is 17.0. The van der Waals surface area contributed by atoms with Crippen LogP contribution in [0.4, 0.5) is 0 Å². The van der Waals surface area contributed by atoms with Gasteiger partial charge in [0.2, 0.25) is 0 Å². The lowest BCUT2D eigenvalue weighted by molar-refractivity contribution is -0.141. The first-order valence-corrected chi connectivity index (χ1v) is 11.2. The summed E-state index contributed by atoms with van der Waals surface area (Å²) in [4.78, 5) is 33.4. The third-order valence-corrected chi connectivity index (χ3v) is 5.34. The molecular weight excluding hydrogens is 442 g/mol. The lowest BCUT2D eigenvalue weighted by Crippen LogP contribution is -2.44. The second-order valence-corrected chi connectivity index (χ2v) is 8.03. The molecule has 0 fully saturated rings. The van der Waals surface area contributed by atoms with Crippen molar-refractivity contribution in [3.63, 3.8) is 0 Å². The zero-order valence-electron chi connectivity index (χ0n) is 19.2. The SMILES string of the molecule is Cc1cc(C(=O)NC(COCc2ccccc2)C(=O)O)nc(-c2ccc(-c3ccccc3)cc2)n1. The summed E-state index contributed by atoms with van der Waals surface area (Å²) in [5.74, 6) is -1.40. The molecular formula is C28H25N3O4. The van der Waals surface area contributed by atoms with Gasteiger partial charge < -0.3 is 15.2 Å². The lowest BCUT2D eigenvalue weighted by Gasteiger charge is -2.15. The topological polar surface area (TPSA) is 101 Å². The van der Waals surface area contributed by atoms with Gasteiger partial charge in [0.15, 0.2) is 11.9 Å². The third kappa shape index (κ3) is 6.37. The molecule has 0 bridgehead atoms. The molecule has 176 valence electrons. The molecule has 0 spiro atoms. The molecule has 1 amide bonds. The third-order valence-electron chi connectivity index (χ3n) is 5.34. The first-order valence-electron chi connectivity index (χ1n) is 11.2. The number of aliphatic carboxylic acids is 1. The zero-order chi connectivity index (χ0) is 24.6. The van der Waals surface area contributed by atoms with Crippen molar-refractivity contribution in [2.45, 2.75) is 19.6 Å². The maximum absolute atomic E-state index is 12.8. The molecule has 1 heterocycles. The Labute approximate surface area is 203 Å². The van der Waals surface area contributed by atoms with Crippen molar-refractivity contribution in [2.75, 3.05) is 6.61 Å². The highest BCUT2D eigenvalue weighted by molar-refractivity contribution is 5.95. The molecule has 4 aromatic rings. The van der Waals surface area contributed by atoms with Crippen LogP contribution in [0.15, 0.2) is 91.0 Å². The van der Waals surface area contributed by atoms with E-state index in [1.807, 2.05) is 84.9 Å². The van der Waals surface area contributed by atoms with Crippen molar-refractivity contribution in [1.29, 1.82) is 0 Å². The average Bonchev–Trinajstić information content (AvgIpc) is 2.89. The van der Waals surface area contributed by atoms with Crippen LogP contribution < -0.4 is 5.32 Å². The molecule has 7 heteroatoms. The fourth-order valence-electron chi connectivity index (χ4n) is 3.53. The number of carboxylic acid groups (broad SMARTS) is 1. The minimum absolute atomic E-state index is 0.0916. The Hall–Kier alpha value is -4.36. The van der Waals surface area contributed by atoms with Crippen LogP contribution in [0.5, 0.6) is 0 Å². The van der Waals surface area contributed by atoms with Crippen molar-refractivity contribution >= 4 is 11.9 Å². The van der Waals surface area contributed by atoms with Gasteiger partial charge >= 0.3 is 5.97 Å². The minimum atomic E-state index is -1.21. The number of aromatic nitrogens is 2. The van der Waals surface area contributed by atoms with Gasteiger partial charge in [-0.1, -0.05) is 84.9 Å². The number of benzene rings is 3. The van der Waals surface area contributed by atoms with E-state index in [1.54, 1.807) is 6.92 Å². The van der Waals surface area contributed by atoms with Crippen LogP contribution in [0.3, 0.4) is 0 Å². The summed E-state index contributed by atoms with van der Waals surface area (Å²) < 4.78 is 5.52. The standard InChI is InChI=1S/C28H25N3O4/c1-19-16-24(27(32)31-25(28(33)34)18-35-17-20-8-4-2-5-9-20)30-26(29-19)23-14-12-22(13-15-23)21-10-6-3-7-11-21/h2-16,25H,17-18H2,1H3,(H,31,32)(H,33,34). The highest BCUT2D eigenvalue weighted by Crippen LogP contribution is 2.23. The fourth-order valence-corrected chi connectivity index (χ4v) is 3.53. The number of hydrogen-bond acceptors (Lipinski definition) is 5. The maximum Gasteiger partial charge on any atom is 0.328 e. The summed E-state index contributed by atoms with van der Waals surface area (Å²) in [6.45, 7) is 1.84. The van der Waals surface area contributed by atoms with E-state index in [-0.39, 0.29) is 18.9 Å². The van der Waals surface area contributed by atoms with Gasteiger partial charge in [-0.05, 0) is 29.7 Å². The highest BCUT2D eigenvalue weighted by atomic mass is 16.5. The number of carbonyl (C=O) groups is 2. The predicted molar refractivity (Wildman–Crippen MR) is 133 cm³/mol. The molecule has 4 rings (SSSR count). The molecule has 1 unspecified atom stereocenters. The van der Waals surface area contributed by atoms with Gasteiger partial charge in [-0.15, -0.1) is 0 Å². The normalized spacial score (nSPS) is 11.6. The van der Waals surface area contributed by atoms with E-state index < -0.39 is 17.9 Å². The summed E-state index contributed by atoms with van der Waals surface area (Å²) in [5, 5.41) is 12.0. The van der Waals surface area contributed by atoms with Gasteiger partial charge in [0.25, 0.3) is 5.91 Å². The molecule has 0 saturated heterocycles. The number of hydrogen-bond donors (Lipinski definition) is 2. The van der Waals surface area contributed by atoms with Gasteiger partial charge in [0.05, 0.1) is 13.2 Å². The smallest absolute Gasteiger partial charge is 0.328 e. The van der Waals surface area contributed by atoms with E-state index >= 15 is 0 Å². The Morgan fingerprint density at radius 1 is 0.857 bits per heavy atom. The van der Waals surface area contributed by atoms with E-state index in [1.165, 1.54) is 6.07 Å². The molecule has 1 atom stereocenters. The van der Waals surface area contributed by atoms with Crippen LogP contribution >= 0.6 is 0 Å². The van der Waals surface area contributed by atoms with Crippen LogP contribution in [0.1, 0.15) is 21.7 Å². The van der Waals surface area contributed by atoms with Crippen LogP contribution in [0.25, 0.3) is 22.5 Å². The largest absolute Gasteiger partial charge is 0.480 e. The Kier molecular flexibility index (Phi) is 7.60. The molecule has 0 radical (unpaired) electrons. The fraction of sp³-hybridized carbons (Fsp3) is 0.143. The number of nitrogens with one attached hydrogen (secondary N) is 1. The zero-order valence-corrected chi connectivity index (χ0v) is 19.2. The van der Waals surface area contributed by atoms with Crippen LogP contribution in [0, 0.1) is 6.92 Å². The molecule has 0 aliphatic carbocycles. The van der Waals surface area contributed by atoms with Crippen molar-refractivity contribution < 1.29 is 19.4 Å². The first kappa shape index (κ1) is 23.8. The van der Waals surface area contributed by atoms with Gasteiger partial charge in [0, 0.05) is 11.3 Å². The number of carbonyl (C=O) groups excluding carboxylic acids is 1. The van der Waals surface area contributed by atoms with E-state index in [0.29, 0.717) is 11.5 Å². The Morgan fingerprint density at radius 3 is 2.11 bits per heavy atom. The highest BCUT2D eigenvalue weighted by Gasteiger charge is 2.22. The predicted octanol–water partition coefficient (Wildman–Crippen LogP) is 4.52. The van der Waals surface area contributed by atoms with Crippen molar-refractivity contribution in [1.82, 2.24) is 15.3 Å². The average molecular weight is 468 g/mol. The van der Waals surface area contributed by atoms with E-state index in [9.17, 15) is 14.7 Å². The van der Waals surface area contributed by atoms with Crippen molar-refractivity contribution in [3.8, 4) is 22.5 Å². The molecule has 7 nitrogen and oxygen atoms in total. The Balaban J connectivity index is 1.46.